The molecule has 2 rings (SSSR count). The van der Waals surface area contributed by atoms with Gasteiger partial charge in [0.05, 0.1) is 36.3 Å². The van der Waals surface area contributed by atoms with Crippen LogP contribution in [0.25, 0.3) is 0 Å². The first kappa shape index (κ1) is 13.5. The summed E-state index contributed by atoms with van der Waals surface area (Å²) in [5.41, 5.74) is 0.327. The van der Waals surface area contributed by atoms with Crippen LogP contribution in [-0.2, 0) is 0 Å². The Morgan fingerprint density at radius 3 is 2.45 bits per heavy atom. The number of aromatic nitrogens is 2. The Bertz CT molecular complexity index is 658. The van der Waals surface area contributed by atoms with Gasteiger partial charge in [0.15, 0.2) is 0 Å². The minimum Gasteiger partial charge on any atom is -0.494 e. The van der Waals surface area contributed by atoms with Gasteiger partial charge in [0.1, 0.15) is 5.75 Å². The lowest BCUT2D eigenvalue weighted by molar-refractivity contribution is 0.0698. The highest BCUT2D eigenvalue weighted by Crippen LogP contribution is 2.19. The van der Waals surface area contributed by atoms with Gasteiger partial charge in [-0.2, -0.15) is 0 Å². The Morgan fingerprint density at radius 2 is 1.80 bits per heavy atom. The van der Waals surface area contributed by atoms with E-state index in [0.717, 1.165) is 0 Å². The van der Waals surface area contributed by atoms with E-state index in [1.165, 1.54) is 44.0 Å². The van der Waals surface area contributed by atoms with Crippen molar-refractivity contribution >= 4 is 17.6 Å². The second kappa shape index (κ2) is 5.79. The summed E-state index contributed by atoms with van der Waals surface area (Å²) in [5, 5.41) is 11.5. The largest absolute Gasteiger partial charge is 0.494 e. The van der Waals surface area contributed by atoms with Crippen molar-refractivity contribution in [2.45, 2.75) is 0 Å². The first-order valence-corrected chi connectivity index (χ1v) is 5.60. The lowest BCUT2D eigenvalue weighted by Gasteiger charge is -2.10. The number of carboxylic acids is 1. The fourth-order valence-electron chi connectivity index (χ4n) is 1.60. The van der Waals surface area contributed by atoms with Gasteiger partial charge in [-0.1, -0.05) is 0 Å². The molecule has 0 saturated carbocycles. The third-order valence-corrected chi connectivity index (χ3v) is 2.55. The molecule has 7 nitrogen and oxygen atoms in total. The standard InChI is InChI=1S/C13H11N3O4/c1-20-11-7-15-5-3-9(11)12(17)16-10-6-14-4-2-8(10)13(18)19/h2-7H,1H3,(H,16,17)(H,18,19). The van der Waals surface area contributed by atoms with Gasteiger partial charge >= 0.3 is 5.97 Å². The topological polar surface area (TPSA) is 101 Å². The summed E-state index contributed by atoms with van der Waals surface area (Å²) in [4.78, 5) is 30.8. The van der Waals surface area contributed by atoms with E-state index < -0.39 is 11.9 Å². The number of carbonyl (C=O) groups excluding carboxylic acids is 1. The molecule has 0 aliphatic rings. The molecule has 1 amide bonds. The lowest BCUT2D eigenvalue weighted by atomic mass is 10.2. The number of carboxylic acid groups (broad SMARTS) is 1. The average Bonchev–Trinajstić information content (AvgIpc) is 2.47. The average molecular weight is 273 g/mol. The van der Waals surface area contributed by atoms with Gasteiger partial charge in [-0.3, -0.25) is 14.8 Å². The van der Waals surface area contributed by atoms with Crippen molar-refractivity contribution < 1.29 is 19.4 Å². The van der Waals surface area contributed by atoms with Crippen LogP contribution >= 0.6 is 0 Å². The number of methoxy groups -OCH3 is 1. The number of amides is 1. The molecule has 102 valence electrons. The molecule has 0 atom stereocenters. The highest BCUT2D eigenvalue weighted by atomic mass is 16.5. The number of nitrogens with zero attached hydrogens (tertiary/aromatic N) is 2. The van der Waals surface area contributed by atoms with E-state index in [1.807, 2.05) is 0 Å². The summed E-state index contributed by atoms with van der Waals surface area (Å²) in [6, 6.07) is 2.78. The molecule has 7 heteroatoms. The van der Waals surface area contributed by atoms with Crippen molar-refractivity contribution in [3.63, 3.8) is 0 Å². The predicted octanol–water partition coefficient (Wildman–Crippen LogP) is 1.44. The van der Waals surface area contributed by atoms with Crippen molar-refractivity contribution in [3.05, 3.63) is 48.0 Å². The van der Waals surface area contributed by atoms with E-state index >= 15 is 0 Å². The summed E-state index contributed by atoms with van der Waals surface area (Å²) in [5.74, 6) is -1.35. The van der Waals surface area contributed by atoms with E-state index in [4.69, 9.17) is 9.84 Å². The first-order chi connectivity index (χ1) is 9.63. The van der Waals surface area contributed by atoms with Crippen molar-refractivity contribution in [1.29, 1.82) is 0 Å². The zero-order valence-electron chi connectivity index (χ0n) is 10.5. The van der Waals surface area contributed by atoms with Gasteiger partial charge in [-0.15, -0.1) is 0 Å². The number of rotatable bonds is 4. The molecule has 2 heterocycles. The number of carbonyl (C=O) groups is 2. The fourth-order valence-corrected chi connectivity index (χ4v) is 1.60. The number of anilines is 1. The number of hydrogen-bond acceptors (Lipinski definition) is 5. The molecule has 0 unspecified atom stereocenters. The van der Waals surface area contributed by atoms with Crippen molar-refractivity contribution in [2.24, 2.45) is 0 Å². The number of aromatic carboxylic acids is 1. The molecule has 20 heavy (non-hydrogen) atoms. The normalized spacial score (nSPS) is 9.85. The zero-order valence-corrected chi connectivity index (χ0v) is 10.5. The Morgan fingerprint density at radius 1 is 1.15 bits per heavy atom. The molecule has 0 aliphatic heterocycles. The summed E-state index contributed by atoms with van der Waals surface area (Å²) >= 11 is 0. The molecule has 2 aromatic heterocycles. The molecule has 0 spiro atoms. The van der Waals surface area contributed by atoms with Crippen LogP contribution in [0.2, 0.25) is 0 Å². The van der Waals surface area contributed by atoms with Gasteiger partial charge in [0.2, 0.25) is 0 Å². The maximum atomic E-state index is 12.1. The Balaban J connectivity index is 2.31. The van der Waals surface area contributed by atoms with Crippen LogP contribution in [0.3, 0.4) is 0 Å². The van der Waals surface area contributed by atoms with Crippen LogP contribution in [0.5, 0.6) is 5.75 Å². The SMILES string of the molecule is COc1cnccc1C(=O)Nc1cnccc1C(=O)O. The monoisotopic (exact) mass is 273 g/mol. The van der Waals surface area contributed by atoms with E-state index in [2.05, 4.69) is 15.3 Å². The van der Waals surface area contributed by atoms with Gasteiger partial charge < -0.3 is 15.2 Å². The molecular formula is C13H11N3O4. The third kappa shape index (κ3) is 2.72. The van der Waals surface area contributed by atoms with Crippen LogP contribution in [0.15, 0.2) is 36.9 Å². The van der Waals surface area contributed by atoms with E-state index in [-0.39, 0.29) is 16.8 Å². The summed E-state index contributed by atoms with van der Waals surface area (Å²) in [6.07, 6.45) is 5.45. The zero-order chi connectivity index (χ0) is 14.5. The van der Waals surface area contributed by atoms with E-state index in [0.29, 0.717) is 5.75 Å². The number of ether oxygens (including phenoxy) is 1. The molecular weight excluding hydrogens is 262 g/mol. The summed E-state index contributed by atoms with van der Waals surface area (Å²) in [6.45, 7) is 0. The molecule has 0 saturated heterocycles. The van der Waals surface area contributed by atoms with Crippen molar-refractivity contribution in [2.75, 3.05) is 12.4 Å². The lowest BCUT2D eigenvalue weighted by Crippen LogP contribution is -2.16. The second-order valence-corrected chi connectivity index (χ2v) is 3.76. The van der Waals surface area contributed by atoms with Crippen LogP contribution in [0.4, 0.5) is 5.69 Å². The Labute approximate surface area is 114 Å². The quantitative estimate of drug-likeness (QED) is 0.873. The second-order valence-electron chi connectivity index (χ2n) is 3.76. The third-order valence-electron chi connectivity index (χ3n) is 2.55. The minimum atomic E-state index is -1.15. The van der Waals surface area contributed by atoms with Crippen molar-refractivity contribution in [1.82, 2.24) is 9.97 Å². The maximum Gasteiger partial charge on any atom is 0.337 e. The molecule has 0 bridgehead atoms. The van der Waals surface area contributed by atoms with Gasteiger partial charge in [0, 0.05) is 12.4 Å². The predicted molar refractivity (Wildman–Crippen MR) is 69.9 cm³/mol. The van der Waals surface area contributed by atoms with Gasteiger partial charge in [-0.05, 0) is 12.1 Å². The van der Waals surface area contributed by atoms with Crippen LogP contribution < -0.4 is 10.1 Å². The summed E-state index contributed by atoms with van der Waals surface area (Å²) in [7, 11) is 1.42. The maximum absolute atomic E-state index is 12.1. The summed E-state index contributed by atoms with van der Waals surface area (Å²) < 4.78 is 5.03. The molecule has 2 aromatic rings. The minimum absolute atomic E-state index is 0.0404. The smallest absolute Gasteiger partial charge is 0.337 e. The fraction of sp³-hybridized carbons (Fsp3) is 0.0769. The van der Waals surface area contributed by atoms with Gasteiger partial charge in [0.25, 0.3) is 5.91 Å². The molecule has 0 radical (unpaired) electrons. The molecule has 2 N–H and O–H groups in total. The number of nitrogens with one attached hydrogen (secondary N) is 1. The van der Waals surface area contributed by atoms with Crippen molar-refractivity contribution in [3.8, 4) is 5.75 Å². The van der Waals surface area contributed by atoms with Crippen LogP contribution in [0.1, 0.15) is 20.7 Å². The number of hydrogen-bond donors (Lipinski definition) is 2. The first-order valence-electron chi connectivity index (χ1n) is 5.60. The highest BCUT2D eigenvalue weighted by Gasteiger charge is 2.16. The molecule has 0 aliphatic carbocycles. The van der Waals surface area contributed by atoms with E-state index in [9.17, 15) is 9.59 Å². The number of pyridine rings is 2. The van der Waals surface area contributed by atoms with Crippen LogP contribution in [0, 0.1) is 0 Å². The van der Waals surface area contributed by atoms with Gasteiger partial charge in [-0.25, -0.2) is 4.79 Å². The Kier molecular flexibility index (Phi) is 3.90. The highest BCUT2D eigenvalue weighted by molar-refractivity contribution is 6.08. The van der Waals surface area contributed by atoms with Crippen LogP contribution in [-0.4, -0.2) is 34.1 Å². The molecule has 0 fully saturated rings. The van der Waals surface area contributed by atoms with E-state index in [1.54, 1.807) is 0 Å². The molecule has 0 aromatic carbocycles. The Hall–Kier alpha value is -2.96.